The number of thiocarbonyl (C=S) groups is 1. The molecule has 2 heterocycles. The van der Waals surface area contributed by atoms with Gasteiger partial charge in [-0.05, 0) is 42.1 Å². The molecule has 1 aliphatic heterocycles. The Morgan fingerprint density at radius 1 is 1.00 bits per heavy atom. The summed E-state index contributed by atoms with van der Waals surface area (Å²) >= 11 is 5.15. The van der Waals surface area contributed by atoms with Crippen molar-refractivity contribution < 1.29 is 9.59 Å². The number of benzene rings is 2. The van der Waals surface area contributed by atoms with Crippen molar-refractivity contribution in [2.24, 2.45) is 0 Å². The second-order valence-corrected chi connectivity index (χ2v) is 7.47. The number of hydrogen-bond donors (Lipinski definition) is 0. The van der Waals surface area contributed by atoms with Gasteiger partial charge in [0.25, 0.3) is 11.8 Å². The molecule has 0 aliphatic carbocycles. The lowest BCUT2D eigenvalue weighted by Crippen LogP contribution is -2.52. The van der Waals surface area contributed by atoms with Gasteiger partial charge in [0, 0.05) is 43.3 Å². The maximum Gasteiger partial charge on any atom is 0.265 e. The first-order chi connectivity index (χ1) is 14.4. The molecule has 2 aromatic carbocycles. The van der Waals surface area contributed by atoms with Crippen LogP contribution in [0.5, 0.6) is 0 Å². The van der Waals surface area contributed by atoms with Crippen molar-refractivity contribution in [1.29, 1.82) is 5.26 Å². The van der Waals surface area contributed by atoms with Crippen LogP contribution in [0.3, 0.4) is 0 Å². The average Bonchev–Trinajstić information content (AvgIpc) is 3.12. The summed E-state index contributed by atoms with van der Waals surface area (Å²) in [6.07, 6.45) is 3.57. The van der Waals surface area contributed by atoms with Crippen molar-refractivity contribution >= 4 is 46.1 Å². The van der Waals surface area contributed by atoms with Gasteiger partial charge in [-0.3, -0.25) is 19.4 Å². The Labute approximate surface area is 179 Å². The second-order valence-electron chi connectivity index (χ2n) is 7.11. The van der Waals surface area contributed by atoms with Crippen LogP contribution in [0, 0.1) is 11.3 Å². The molecule has 2 amide bonds. The summed E-state index contributed by atoms with van der Waals surface area (Å²) in [4.78, 5) is 28.0. The van der Waals surface area contributed by atoms with Crippen LogP contribution < -0.4 is 0 Å². The van der Waals surface area contributed by atoms with E-state index in [9.17, 15) is 9.59 Å². The van der Waals surface area contributed by atoms with E-state index in [2.05, 4.69) is 10.6 Å². The number of hydrogen-bond acceptors (Lipinski definition) is 4. The first kappa shape index (κ1) is 19.6. The minimum absolute atomic E-state index is 0.0786. The van der Waals surface area contributed by atoms with E-state index in [1.54, 1.807) is 32.3 Å². The molecule has 1 aliphatic rings. The van der Waals surface area contributed by atoms with Crippen molar-refractivity contribution in [3.8, 4) is 6.07 Å². The molecule has 0 saturated carbocycles. The molecule has 148 valence electrons. The minimum atomic E-state index is -0.410. The van der Waals surface area contributed by atoms with E-state index < -0.39 is 11.8 Å². The number of carbonyl (C=O) groups is 2. The minimum Gasteiger partial charge on any atom is -0.342 e. The van der Waals surface area contributed by atoms with Crippen LogP contribution in [0.15, 0.2) is 60.3 Å². The van der Waals surface area contributed by atoms with E-state index in [1.807, 2.05) is 42.6 Å². The summed E-state index contributed by atoms with van der Waals surface area (Å²) in [6.45, 7) is 0.598. The van der Waals surface area contributed by atoms with Gasteiger partial charge in [0.15, 0.2) is 5.11 Å². The molecule has 1 saturated heterocycles. The smallest absolute Gasteiger partial charge is 0.265 e. The number of aromatic nitrogens is 1. The SMILES string of the molecule is CN1C(=O)C(=Cc2cn(Cc3ccc(C#N)cc3)c3ccccc23)C(=O)N(C)C1=S. The molecule has 0 bridgehead atoms. The molecule has 4 rings (SSSR count). The van der Waals surface area contributed by atoms with Gasteiger partial charge in [-0.25, -0.2) is 0 Å². The quantitative estimate of drug-likeness (QED) is 0.375. The molecule has 7 heteroatoms. The normalized spacial score (nSPS) is 14.4. The Bertz CT molecular complexity index is 1240. The molecular formula is C23H18N4O2S. The van der Waals surface area contributed by atoms with E-state index >= 15 is 0 Å². The predicted octanol–water partition coefficient (Wildman–Crippen LogP) is 3.16. The summed E-state index contributed by atoms with van der Waals surface area (Å²) in [7, 11) is 3.13. The van der Waals surface area contributed by atoms with Gasteiger partial charge in [-0.2, -0.15) is 5.26 Å². The van der Waals surface area contributed by atoms with Crippen molar-refractivity contribution in [3.05, 3.63) is 77.0 Å². The third kappa shape index (κ3) is 3.27. The number of fused-ring (bicyclic) bond motifs is 1. The van der Waals surface area contributed by atoms with Crippen LogP contribution >= 0.6 is 12.2 Å². The third-order valence-corrected chi connectivity index (χ3v) is 5.75. The fraction of sp³-hybridized carbons (Fsp3) is 0.130. The Kier molecular flexibility index (Phi) is 4.94. The highest BCUT2D eigenvalue weighted by atomic mass is 32.1. The topological polar surface area (TPSA) is 69.3 Å². The van der Waals surface area contributed by atoms with E-state index in [0.717, 1.165) is 22.0 Å². The van der Waals surface area contributed by atoms with Crippen molar-refractivity contribution in [3.63, 3.8) is 0 Å². The molecule has 0 spiro atoms. The Hall–Kier alpha value is -3.76. The van der Waals surface area contributed by atoms with E-state index in [1.165, 1.54) is 9.80 Å². The van der Waals surface area contributed by atoms with E-state index in [0.29, 0.717) is 12.1 Å². The lowest BCUT2D eigenvalue weighted by molar-refractivity contribution is -0.132. The lowest BCUT2D eigenvalue weighted by Gasteiger charge is -2.31. The summed E-state index contributed by atoms with van der Waals surface area (Å²) in [5, 5.41) is 10.1. The number of nitrogens with zero attached hydrogens (tertiary/aromatic N) is 4. The van der Waals surface area contributed by atoms with Gasteiger partial charge >= 0.3 is 0 Å². The Morgan fingerprint density at radius 3 is 2.27 bits per heavy atom. The summed E-state index contributed by atoms with van der Waals surface area (Å²) < 4.78 is 2.07. The molecule has 1 aromatic heterocycles. The largest absolute Gasteiger partial charge is 0.342 e. The zero-order valence-electron chi connectivity index (χ0n) is 16.5. The zero-order valence-corrected chi connectivity index (χ0v) is 17.3. The summed E-state index contributed by atoms with van der Waals surface area (Å²) in [5.41, 5.74) is 3.51. The van der Waals surface area contributed by atoms with Crippen LogP contribution in [0.25, 0.3) is 17.0 Å². The van der Waals surface area contributed by atoms with Gasteiger partial charge in [0.05, 0.1) is 11.6 Å². The van der Waals surface area contributed by atoms with Gasteiger partial charge in [-0.15, -0.1) is 0 Å². The molecule has 1 fully saturated rings. The highest BCUT2D eigenvalue weighted by Gasteiger charge is 2.35. The fourth-order valence-corrected chi connectivity index (χ4v) is 3.70. The molecule has 6 nitrogen and oxygen atoms in total. The highest BCUT2D eigenvalue weighted by molar-refractivity contribution is 7.80. The van der Waals surface area contributed by atoms with E-state index in [4.69, 9.17) is 17.5 Å². The van der Waals surface area contributed by atoms with Gasteiger partial charge < -0.3 is 4.57 Å². The number of carbonyl (C=O) groups excluding carboxylic acids is 2. The van der Waals surface area contributed by atoms with Crippen LogP contribution in [-0.2, 0) is 16.1 Å². The number of para-hydroxylation sites is 1. The van der Waals surface area contributed by atoms with E-state index in [-0.39, 0.29) is 10.7 Å². The van der Waals surface area contributed by atoms with Crippen LogP contribution in [0.4, 0.5) is 0 Å². The molecule has 0 radical (unpaired) electrons. The summed E-state index contributed by atoms with van der Waals surface area (Å²) in [6, 6.07) is 17.4. The zero-order chi connectivity index (χ0) is 21.4. The number of amides is 2. The van der Waals surface area contributed by atoms with Gasteiger partial charge in [0.2, 0.25) is 0 Å². The predicted molar refractivity (Wildman–Crippen MR) is 118 cm³/mol. The Morgan fingerprint density at radius 2 is 1.63 bits per heavy atom. The Balaban J connectivity index is 1.78. The maximum absolute atomic E-state index is 12.7. The standard InChI is InChI=1S/C23H18N4O2S/c1-25-21(28)19(22(29)26(2)23(25)30)11-17-14-27(20-6-4-3-5-18(17)20)13-16-9-7-15(12-24)8-10-16/h3-11,14H,13H2,1-2H3. The lowest BCUT2D eigenvalue weighted by atomic mass is 10.1. The number of nitriles is 1. The van der Waals surface area contributed by atoms with Gasteiger partial charge in [-0.1, -0.05) is 30.3 Å². The molecule has 30 heavy (non-hydrogen) atoms. The van der Waals surface area contributed by atoms with Crippen LogP contribution in [-0.4, -0.2) is 45.4 Å². The molecular weight excluding hydrogens is 396 g/mol. The van der Waals surface area contributed by atoms with Crippen molar-refractivity contribution in [1.82, 2.24) is 14.4 Å². The molecule has 3 aromatic rings. The first-order valence-corrected chi connectivity index (χ1v) is 9.70. The molecule has 0 atom stereocenters. The number of rotatable bonds is 3. The monoisotopic (exact) mass is 414 g/mol. The molecule has 0 unspecified atom stereocenters. The average molecular weight is 414 g/mol. The van der Waals surface area contributed by atoms with Crippen molar-refractivity contribution in [2.75, 3.05) is 14.1 Å². The fourth-order valence-electron chi connectivity index (χ4n) is 3.53. The highest BCUT2D eigenvalue weighted by Crippen LogP contribution is 2.26. The van der Waals surface area contributed by atoms with Crippen LogP contribution in [0.1, 0.15) is 16.7 Å². The van der Waals surface area contributed by atoms with Crippen LogP contribution in [0.2, 0.25) is 0 Å². The second kappa shape index (κ2) is 7.58. The number of likely N-dealkylation sites (N-methyl/N-ethyl adjacent to an activating group) is 2. The summed E-state index contributed by atoms with van der Waals surface area (Å²) in [5.74, 6) is -0.820. The van der Waals surface area contributed by atoms with Crippen molar-refractivity contribution in [2.45, 2.75) is 6.54 Å². The first-order valence-electron chi connectivity index (χ1n) is 9.29. The maximum atomic E-state index is 12.7. The van der Waals surface area contributed by atoms with Gasteiger partial charge in [0.1, 0.15) is 5.57 Å². The third-order valence-electron chi connectivity index (χ3n) is 5.20. The molecule has 0 N–H and O–H groups in total.